The predicted octanol–water partition coefficient (Wildman–Crippen LogP) is 7.28. The minimum atomic E-state index is -0.684. The second-order valence-electron chi connectivity index (χ2n) is 13.1. The van der Waals surface area contributed by atoms with E-state index in [9.17, 15) is 14.4 Å². The average molecular weight is 602 g/mol. The number of carbonyl (C=O) groups excluding carboxylic acids is 3. The molecule has 0 aliphatic carbocycles. The Morgan fingerprint density at radius 3 is 1.70 bits per heavy atom. The molecule has 0 saturated heterocycles. The van der Waals surface area contributed by atoms with Gasteiger partial charge in [-0.05, 0) is 82.9 Å². The zero-order chi connectivity index (χ0) is 32.1. The molecular formula is C35H43N3O6. The van der Waals surface area contributed by atoms with Crippen molar-refractivity contribution in [3.05, 3.63) is 95.1 Å². The Kier molecular flexibility index (Phi) is 9.87. The van der Waals surface area contributed by atoms with Gasteiger partial charge < -0.3 is 19.5 Å². The van der Waals surface area contributed by atoms with E-state index in [-0.39, 0.29) is 19.0 Å². The maximum atomic E-state index is 13.4. The topological polar surface area (TPSA) is 97.4 Å². The van der Waals surface area contributed by atoms with E-state index in [4.69, 9.17) is 14.2 Å². The molecule has 3 amide bonds. The molecule has 9 heteroatoms. The van der Waals surface area contributed by atoms with Crippen molar-refractivity contribution in [1.82, 2.24) is 9.80 Å². The van der Waals surface area contributed by atoms with Crippen molar-refractivity contribution in [2.24, 2.45) is 0 Å². The van der Waals surface area contributed by atoms with E-state index in [0.717, 1.165) is 22.3 Å². The number of anilines is 1. The highest BCUT2D eigenvalue weighted by atomic mass is 16.6. The van der Waals surface area contributed by atoms with E-state index in [1.165, 1.54) is 0 Å². The summed E-state index contributed by atoms with van der Waals surface area (Å²) in [6.07, 6.45) is -1.44. The largest absolute Gasteiger partial charge is 0.479 e. The fraction of sp³-hybridized carbons (Fsp3) is 0.400. The lowest BCUT2D eigenvalue weighted by molar-refractivity contribution is -0.122. The lowest BCUT2D eigenvalue weighted by atomic mass is 10.1. The summed E-state index contributed by atoms with van der Waals surface area (Å²) in [7, 11) is 0. The Morgan fingerprint density at radius 2 is 1.18 bits per heavy atom. The third-order valence-electron chi connectivity index (χ3n) is 6.61. The van der Waals surface area contributed by atoms with E-state index in [1.54, 1.807) is 22.8 Å². The number of hydrogen-bond donors (Lipinski definition) is 1. The van der Waals surface area contributed by atoms with Gasteiger partial charge in [0.2, 0.25) is 0 Å². The van der Waals surface area contributed by atoms with Gasteiger partial charge in [-0.1, -0.05) is 60.7 Å². The van der Waals surface area contributed by atoms with Gasteiger partial charge in [-0.25, -0.2) is 9.59 Å². The maximum Gasteiger partial charge on any atom is 0.410 e. The van der Waals surface area contributed by atoms with Crippen molar-refractivity contribution in [2.75, 3.05) is 5.32 Å². The summed E-state index contributed by atoms with van der Waals surface area (Å²) in [4.78, 5) is 42.0. The van der Waals surface area contributed by atoms with Crippen LogP contribution in [0.25, 0.3) is 0 Å². The first-order valence-electron chi connectivity index (χ1n) is 14.8. The van der Waals surface area contributed by atoms with Crippen LogP contribution >= 0.6 is 0 Å². The molecule has 1 atom stereocenters. The predicted molar refractivity (Wildman–Crippen MR) is 169 cm³/mol. The smallest absolute Gasteiger partial charge is 0.410 e. The van der Waals surface area contributed by atoms with Crippen LogP contribution in [0.15, 0.2) is 72.8 Å². The van der Waals surface area contributed by atoms with Crippen LogP contribution in [0.3, 0.4) is 0 Å². The van der Waals surface area contributed by atoms with Crippen LogP contribution in [0.5, 0.6) is 5.75 Å². The number of ether oxygens (including phenoxy) is 3. The molecular weight excluding hydrogens is 558 g/mol. The van der Waals surface area contributed by atoms with E-state index in [2.05, 4.69) is 5.32 Å². The first kappa shape index (κ1) is 32.4. The number of hydrogen-bond acceptors (Lipinski definition) is 6. The molecule has 4 rings (SSSR count). The maximum absolute atomic E-state index is 13.4. The number of nitrogens with zero attached hydrogens (tertiary/aromatic N) is 2. The number of amides is 3. The highest BCUT2D eigenvalue weighted by Crippen LogP contribution is 2.31. The van der Waals surface area contributed by atoms with E-state index in [1.807, 2.05) is 108 Å². The Hall–Kier alpha value is -4.53. The molecule has 1 unspecified atom stereocenters. The molecule has 3 aromatic carbocycles. The van der Waals surface area contributed by atoms with Gasteiger partial charge in [0.05, 0.1) is 5.69 Å². The lowest BCUT2D eigenvalue weighted by Gasteiger charge is -2.29. The van der Waals surface area contributed by atoms with E-state index < -0.39 is 29.5 Å². The molecule has 0 saturated carbocycles. The van der Waals surface area contributed by atoms with Gasteiger partial charge in [-0.15, -0.1) is 0 Å². The average Bonchev–Trinajstić information content (AvgIpc) is 2.92. The Labute approximate surface area is 260 Å². The van der Waals surface area contributed by atoms with Gasteiger partial charge >= 0.3 is 12.2 Å². The second-order valence-corrected chi connectivity index (χ2v) is 13.1. The van der Waals surface area contributed by atoms with Gasteiger partial charge in [0.15, 0.2) is 6.10 Å². The molecule has 1 aliphatic heterocycles. The number of fused-ring (bicyclic) bond motifs is 1. The molecule has 9 nitrogen and oxygen atoms in total. The van der Waals surface area contributed by atoms with Gasteiger partial charge in [0.25, 0.3) is 5.91 Å². The summed E-state index contributed by atoms with van der Waals surface area (Å²) in [5.41, 5.74) is 2.83. The fourth-order valence-corrected chi connectivity index (χ4v) is 4.67. The van der Waals surface area contributed by atoms with E-state index >= 15 is 0 Å². The zero-order valence-electron chi connectivity index (χ0n) is 26.7. The molecule has 0 fully saturated rings. The highest BCUT2D eigenvalue weighted by molar-refractivity contribution is 5.97. The molecule has 1 heterocycles. The SMILES string of the molecule is CC1Oc2ccc(CN(Cc3cccc(CN(Cc4ccccc4)C(=O)OC(C)(C)C)c3)C(=O)OC(C)(C)C)cc2NC1=O. The van der Waals surface area contributed by atoms with Crippen LogP contribution in [0.2, 0.25) is 0 Å². The molecule has 3 aromatic rings. The van der Waals surface area contributed by atoms with Gasteiger partial charge in [0.1, 0.15) is 17.0 Å². The first-order valence-corrected chi connectivity index (χ1v) is 14.8. The van der Waals surface area contributed by atoms with Gasteiger partial charge in [0, 0.05) is 26.2 Å². The van der Waals surface area contributed by atoms with Crippen LogP contribution in [-0.2, 0) is 40.4 Å². The van der Waals surface area contributed by atoms with Crippen molar-refractivity contribution in [2.45, 2.75) is 92.0 Å². The van der Waals surface area contributed by atoms with Crippen molar-refractivity contribution in [1.29, 1.82) is 0 Å². The number of nitrogens with one attached hydrogen (secondary N) is 1. The molecule has 0 radical (unpaired) electrons. The molecule has 0 bridgehead atoms. The van der Waals surface area contributed by atoms with E-state index in [0.29, 0.717) is 24.5 Å². The summed E-state index contributed by atoms with van der Waals surface area (Å²) in [6, 6.07) is 23.1. The first-order chi connectivity index (χ1) is 20.6. The molecule has 1 aliphatic rings. The second kappa shape index (κ2) is 13.4. The van der Waals surface area contributed by atoms with Crippen molar-refractivity contribution in [3.8, 4) is 5.75 Å². The number of carbonyl (C=O) groups is 3. The minimum Gasteiger partial charge on any atom is -0.479 e. The minimum absolute atomic E-state index is 0.219. The highest BCUT2D eigenvalue weighted by Gasteiger charge is 2.27. The number of benzene rings is 3. The van der Waals surface area contributed by atoms with Gasteiger partial charge in [-0.3, -0.25) is 14.6 Å². The van der Waals surface area contributed by atoms with Crippen molar-refractivity contribution < 1.29 is 28.6 Å². The summed E-state index contributed by atoms with van der Waals surface area (Å²) in [5.74, 6) is 0.366. The van der Waals surface area contributed by atoms with Crippen LogP contribution in [0.1, 0.15) is 70.7 Å². The third-order valence-corrected chi connectivity index (χ3v) is 6.61. The van der Waals surface area contributed by atoms with Crippen molar-refractivity contribution >= 4 is 23.8 Å². The zero-order valence-corrected chi connectivity index (χ0v) is 26.7. The monoisotopic (exact) mass is 601 g/mol. The third kappa shape index (κ3) is 9.49. The summed E-state index contributed by atoms with van der Waals surface area (Å²) < 4.78 is 17.2. The molecule has 0 spiro atoms. The molecule has 234 valence electrons. The van der Waals surface area contributed by atoms with Crippen LogP contribution in [0.4, 0.5) is 15.3 Å². The normalized spacial score (nSPS) is 14.5. The van der Waals surface area contributed by atoms with Gasteiger partial charge in [-0.2, -0.15) is 0 Å². The Bertz CT molecular complexity index is 1480. The number of rotatable bonds is 8. The molecule has 1 N–H and O–H groups in total. The summed E-state index contributed by atoms with van der Waals surface area (Å²) >= 11 is 0. The van der Waals surface area contributed by atoms with Crippen LogP contribution in [-0.4, -0.2) is 45.2 Å². The molecule has 0 aromatic heterocycles. The fourth-order valence-electron chi connectivity index (χ4n) is 4.67. The van der Waals surface area contributed by atoms with Crippen LogP contribution < -0.4 is 10.1 Å². The lowest BCUT2D eigenvalue weighted by Crippen LogP contribution is -2.37. The Balaban J connectivity index is 1.56. The quantitative estimate of drug-likeness (QED) is 0.291. The molecule has 44 heavy (non-hydrogen) atoms. The van der Waals surface area contributed by atoms with Crippen molar-refractivity contribution in [3.63, 3.8) is 0 Å². The van der Waals surface area contributed by atoms with Crippen LogP contribution in [0, 0.1) is 0 Å². The Morgan fingerprint density at radius 1 is 0.705 bits per heavy atom. The summed E-state index contributed by atoms with van der Waals surface area (Å²) in [5, 5.41) is 2.87. The standard InChI is InChI=1S/C35H43N3O6/c1-24-31(39)36-29-19-28(16-17-30(29)42-24)23-38(33(41)44-35(5,6)7)22-27-15-11-14-26(18-27)21-37(32(40)43-34(2,3)4)20-25-12-9-8-10-13-25/h8-19,24H,20-23H2,1-7H3,(H,36,39). The summed E-state index contributed by atoms with van der Waals surface area (Å²) in [6.45, 7) is 14.0.